The maximum Gasteiger partial charge on any atom is 0.338 e. The molecular weight excluding hydrogens is 956 g/mol. The summed E-state index contributed by atoms with van der Waals surface area (Å²) >= 11 is 0. The molecule has 1 aliphatic carbocycles. The molecule has 0 atom stereocenters. The number of hydrogen-bond acceptors (Lipinski definition) is 15. The summed E-state index contributed by atoms with van der Waals surface area (Å²) < 4.78 is 60.1. The smallest absolute Gasteiger partial charge is 0.338 e. The van der Waals surface area contributed by atoms with Gasteiger partial charge in [-0.15, -0.1) is 0 Å². The van der Waals surface area contributed by atoms with Gasteiger partial charge in [-0.25, -0.2) is 28.4 Å². The maximum absolute atomic E-state index is 16.5. The van der Waals surface area contributed by atoms with Crippen molar-refractivity contribution in [1.29, 1.82) is 0 Å². The van der Waals surface area contributed by atoms with Crippen molar-refractivity contribution in [2.24, 2.45) is 11.3 Å². The van der Waals surface area contributed by atoms with Gasteiger partial charge >= 0.3 is 41.8 Å². The second-order valence-electron chi connectivity index (χ2n) is 18.7. The number of carbonyl (C=O) groups excluding carboxylic acids is 7. The quantitative estimate of drug-likeness (QED) is 0.0230. The molecule has 3 aromatic rings. The van der Waals surface area contributed by atoms with E-state index in [4.69, 9.17) is 28.4 Å². The van der Waals surface area contributed by atoms with Crippen LogP contribution in [0.1, 0.15) is 103 Å². The van der Waals surface area contributed by atoms with Gasteiger partial charge in [-0.3, -0.25) is 9.59 Å². The molecule has 0 heterocycles. The highest BCUT2D eigenvalue weighted by molar-refractivity contribution is 5.95. The highest BCUT2D eigenvalue weighted by Gasteiger charge is 2.38. The Kier molecular flexibility index (Phi) is 22.3. The predicted molar refractivity (Wildman–Crippen MR) is 274 cm³/mol. The number of ether oxygens (including phenoxy) is 8. The third kappa shape index (κ3) is 17.3. The van der Waals surface area contributed by atoms with E-state index in [9.17, 15) is 33.6 Å². The molecule has 1 saturated carbocycles. The van der Waals surface area contributed by atoms with E-state index in [0.29, 0.717) is 11.5 Å². The number of esters is 7. The van der Waals surface area contributed by atoms with Gasteiger partial charge in [-0.2, -0.15) is 0 Å². The summed E-state index contributed by atoms with van der Waals surface area (Å²) in [6.45, 7) is 22.4. The third-order valence-electron chi connectivity index (χ3n) is 12.3. The Labute approximate surface area is 432 Å². The standard InChI is InChI=1S/C58H67FO15/c1-12-13-14-15-40-16-18-41(19-17-40)43-22-25-45(48(59)28-43)47-30-49(73-54(63)36(4)5)46(29-50(47)74-55(64)37(6)7)42-20-23-44(24-21-42)69-31-58(32-70-53(62)35(2)3,33-71-56(65)38(8)26-51(60)67-10)34-72-57(66)39(9)27-52(61)68-11/h20-25,28-30,40-41H,2,4,6,8-9,12-19,26-27,31-34H2,1,3,5,7,10-11H3. The first-order chi connectivity index (χ1) is 35.1. The highest BCUT2D eigenvalue weighted by Crippen LogP contribution is 2.44. The Bertz CT molecular complexity index is 2590. The van der Waals surface area contributed by atoms with Crippen LogP contribution in [0, 0.1) is 17.2 Å². The largest absolute Gasteiger partial charge is 0.493 e. The zero-order valence-electron chi connectivity index (χ0n) is 43.3. The fourth-order valence-corrected chi connectivity index (χ4v) is 7.85. The Hall–Kier alpha value is -7.62. The van der Waals surface area contributed by atoms with Gasteiger partial charge in [-0.1, -0.05) is 89.8 Å². The van der Waals surface area contributed by atoms with Crippen LogP contribution >= 0.6 is 0 Å². The second-order valence-corrected chi connectivity index (χ2v) is 18.7. The van der Waals surface area contributed by atoms with Gasteiger partial charge in [-0.05, 0) is 99.7 Å². The van der Waals surface area contributed by atoms with Gasteiger partial charge in [0, 0.05) is 44.6 Å². The van der Waals surface area contributed by atoms with Gasteiger partial charge < -0.3 is 37.9 Å². The molecule has 0 spiro atoms. The van der Waals surface area contributed by atoms with E-state index in [1.165, 1.54) is 76.8 Å². The summed E-state index contributed by atoms with van der Waals surface area (Å²) in [6, 6.07) is 14.1. The molecular formula is C58H67FO15. The van der Waals surface area contributed by atoms with Gasteiger partial charge in [0.1, 0.15) is 54.9 Å². The van der Waals surface area contributed by atoms with Crippen molar-refractivity contribution in [2.45, 2.75) is 97.8 Å². The Morgan fingerprint density at radius 1 is 0.581 bits per heavy atom. The van der Waals surface area contributed by atoms with Gasteiger partial charge in [0.2, 0.25) is 0 Å². The molecule has 0 amide bonds. The van der Waals surface area contributed by atoms with E-state index >= 15 is 4.39 Å². The van der Waals surface area contributed by atoms with E-state index in [1.54, 1.807) is 18.2 Å². The summed E-state index contributed by atoms with van der Waals surface area (Å²) in [5, 5.41) is 0. The molecule has 396 valence electrons. The molecule has 1 fully saturated rings. The lowest BCUT2D eigenvalue weighted by atomic mass is 9.77. The van der Waals surface area contributed by atoms with Crippen molar-refractivity contribution in [3.05, 3.63) is 127 Å². The van der Waals surface area contributed by atoms with Crippen molar-refractivity contribution in [1.82, 2.24) is 0 Å². The van der Waals surface area contributed by atoms with E-state index in [0.717, 1.165) is 45.5 Å². The number of hydrogen-bond donors (Lipinski definition) is 0. The summed E-state index contributed by atoms with van der Waals surface area (Å²) in [7, 11) is 2.26. The predicted octanol–water partition coefficient (Wildman–Crippen LogP) is 10.8. The zero-order chi connectivity index (χ0) is 54.7. The van der Waals surface area contributed by atoms with E-state index in [1.807, 2.05) is 6.07 Å². The molecule has 4 rings (SSSR count). The molecule has 1 aliphatic rings. The molecule has 0 saturated heterocycles. The molecule has 15 nitrogen and oxygen atoms in total. The number of halogens is 1. The third-order valence-corrected chi connectivity index (χ3v) is 12.3. The van der Waals surface area contributed by atoms with Crippen LogP contribution in [0.25, 0.3) is 22.3 Å². The average Bonchev–Trinajstić information content (AvgIpc) is 3.38. The monoisotopic (exact) mass is 1020 g/mol. The SMILES string of the molecule is C=C(C)C(=O)OCC(COC(=O)C(=C)CC(=O)OC)(COC(=O)C(=C)CC(=O)OC)COc1ccc(-c2cc(OC(=O)C(=C)C)c(-c3ccc(C4CCC(CCCCC)CC4)cc3F)cc2OC(=O)C(=C)C)cc1. The number of benzene rings is 3. The topological polar surface area (TPSA) is 193 Å². The fourth-order valence-electron chi connectivity index (χ4n) is 7.85. The zero-order valence-corrected chi connectivity index (χ0v) is 43.3. The maximum atomic E-state index is 16.5. The van der Waals surface area contributed by atoms with Crippen LogP contribution in [0.15, 0.2) is 115 Å². The molecule has 0 aromatic heterocycles. The first kappa shape index (κ1) is 58.9. The molecule has 0 N–H and O–H groups in total. The number of methoxy groups -OCH3 is 2. The molecule has 0 radical (unpaired) electrons. The van der Waals surface area contributed by atoms with E-state index < -0.39 is 92.3 Å². The van der Waals surface area contributed by atoms with E-state index in [2.05, 4.69) is 49.3 Å². The van der Waals surface area contributed by atoms with Crippen molar-refractivity contribution in [3.63, 3.8) is 0 Å². The fraction of sp³-hybridized carbons (Fsp3) is 0.397. The highest BCUT2D eigenvalue weighted by atomic mass is 19.1. The minimum atomic E-state index is -1.67. The minimum Gasteiger partial charge on any atom is -0.493 e. The molecule has 74 heavy (non-hydrogen) atoms. The van der Waals surface area contributed by atoms with Gasteiger partial charge in [0.15, 0.2) is 0 Å². The molecule has 0 unspecified atom stereocenters. The van der Waals surface area contributed by atoms with Crippen LogP contribution in [0.5, 0.6) is 17.2 Å². The number of unbranched alkanes of at least 4 members (excludes halogenated alkanes) is 2. The van der Waals surface area contributed by atoms with Crippen LogP contribution in [0.2, 0.25) is 0 Å². The second kappa shape index (κ2) is 28.0. The lowest BCUT2D eigenvalue weighted by Gasteiger charge is -2.32. The molecule has 16 heteroatoms. The van der Waals surface area contributed by atoms with Crippen LogP contribution in [0.3, 0.4) is 0 Å². The van der Waals surface area contributed by atoms with E-state index in [-0.39, 0.29) is 67.7 Å². The van der Waals surface area contributed by atoms with Crippen LogP contribution in [-0.4, -0.2) is 82.4 Å². The van der Waals surface area contributed by atoms with Gasteiger partial charge in [0.25, 0.3) is 0 Å². The average molecular weight is 1020 g/mol. The first-order valence-corrected chi connectivity index (χ1v) is 24.2. The van der Waals surface area contributed by atoms with Crippen LogP contribution in [-0.2, 0) is 57.2 Å². The Balaban J connectivity index is 1.75. The van der Waals surface area contributed by atoms with Crippen LogP contribution < -0.4 is 14.2 Å². The summed E-state index contributed by atoms with van der Waals surface area (Å²) in [6.07, 6.45) is 7.91. The van der Waals surface area contributed by atoms with Crippen LogP contribution in [0.4, 0.5) is 4.39 Å². The first-order valence-electron chi connectivity index (χ1n) is 24.2. The minimum absolute atomic E-state index is 0.0184. The lowest BCUT2D eigenvalue weighted by molar-refractivity contribution is -0.161. The summed E-state index contributed by atoms with van der Waals surface area (Å²) in [5.41, 5.74) is -0.297. The summed E-state index contributed by atoms with van der Waals surface area (Å²) in [5.74, 6) is -5.57. The number of carbonyl (C=O) groups is 7. The summed E-state index contributed by atoms with van der Waals surface area (Å²) in [4.78, 5) is 89.0. The normalized spacial score (nSPS) is 14.0. The van der Waals surface area contributed by atoms with Gasteiger partial charge in [0.05, 0.1) is 27.1 Å². The molecule has 0 bridgehead atoms. The van der Waals surface area contributed by atoms with Crippen molar-refractivity contribution < 1.29 is 75.8 Å². The lowest BCUT2D eigenvalue weighted by Crippen LogP contribution is -2.44. The Morgan fingerprint density at radius 2 is 1.07 bits per heavy atom. The van der Waals surface area contributed by atoms with Crippen molar-refractivity contribution in [2.75, 3.05) is 40.6 Å². The van der Waals surface area contributed by atoms with Crippen molar-refractivity contribution in [3.8, 4) is 39.5 Å². The number of rotatable bonds is 27. The Morgan fingerprint density at radius 3 is 1.54 bits per heavy atom. The molecule has 3 aromatic carbocycles. The van der Waals surface area contributed by atoms with Crippen molar-refractivity contribution >= 4 is 41.8 Å². The molecule has 0 aliphatic heterocycles.